The van der Waals surface area contributed by atoms with Gasteiger partial charge in [-0.25, -0.2) is 0 Å². The highest BCUT2D eigenvalue weighted by Crippen LogP contribution is 2.54. The molecule has 0 aliphatic heterocycles. The van der Waals surface area contributed by atoms with Gasteiger partial charge in [0, 0.05) is 0 Å². The molecule has 5 nitrogen and oxygen atoms in total. The van der Waals surface area contributed by atoms with E-state index in [9.17, 15) is 14.5 Å². The summed E-state index contributed by atoms with van der Waals surface area (Å²) in [5, 5.41) is 9.29. The second-order valence-electron chi connectivity index (χ2n) is 4.28. The highest BCUT2D eigenvalue weighted by Gasteiger charge is 2.40. The fourth-order valence-corrected chi connectivity index (χ4v) is 3.64. The zero-order chi connectivity index (χ0) is 15.7. The molecule has 0 spiro atoms. The number of hydrogen-bond acceptors (Lipinski definition) is 4. The van der Waals surface area contributed by atoms with Crippen molar-refractivity contribution >= 4 is 19.6 Å². The van der Waals surface area contributed by atoms with E-state index in [0.29, 0.717) is 0 Å². The standard InChI is InChI=1S/C15H21O5P/c1-3-19-21(18,20-4-2)14(15(16)17)12-8-11-13-9-6-5-7-10-13/h5-11,14H,3-4,12H2,1-2H3,(H,16,17)/b11-8+/t14-/m0/s1. The molecule has 0 aromatic heterocycles. The lowest BCUT2D eigenvalue weighted by molar-refractivity contribution is -0.136. The van der Waals surface area contributed by atoms with Gasteiger partial charge in [-0.15, -0.1) is 0 Å². The molecule has 0 bridgehead atoms. The molecule has 0 fully saturated rings. The Labute approximate surface area is 125 Å². The third kappa shape index (κ3) is 5.46. The van der Waals surface area contributed by atoms with E-state index in [2.05, 4.69) is 0 Å². The molecule has 1 rings (SSSR count). The Morgan fingerprint density at radius 3 is 2.29 bits per heavy atom. The largest absolute Gasteiger partial charge is 0.481 e. The van der Waals surface area contributed by atoms with Crippen LogP contribution in [0.1, 0.15) is 25.8 Å². The van der Waals surface area contributed by atoms with Gasteiger partial charge in [0.1, 0.15) is 0 Å². The van der Waals surface area contributed by atoms with Gasteiger partial charge in [-0.2, -0.15) is 0 Å². The molecule has 0 saturated heterocycles. The predicted octanol–water partition coefficient (Wildman–Crippen LogP) is 3.81. The maximum Gasteiger partial charge on any atom is 0.345 e. The summed E-state index contributed by atoms with van der Waals surface area (Å²) in [4.78, 5) is 11.4. The Hall–Kier alpha value is -1.42. The van der Waals surface area contributed by atoms with E-state index < -0.39 is 19.2 Å². The van der Waals surface area contributed by atoms with Crippen molar-refractivity contribution in [1.82, 2.24) is 0 Å². The van der Waals surface area contributed by atoms with Crippen molar-refractivity contribution in [2.75, 3.05) is 13.2 Å². The Balaban J connectivity index is 2.84. The second-order valence-corrected chi connectivity index (χ2v) is 6.50. The molecular formula is C15H21O5P. The summed E-state index contributed by atoms with van der Waals surface area (Å²) >= 11 is 0. The zero-order valence-corrected chi connectivity index (χ0v) is 13.2. The smallest absolute Gasteiger partial charge is 0.345 e. The molecule has 0 heterocycles. The first-order chi connectivity index (χ1) is 10.0. The van der Waals surface area contributed by atoms with E-state index in [1.54, 1.807) is 26.0 Å². The van der Waals surface area contributed by atoms with E-state index in [0.717, 1.165) is 5.56 Å². The Morgan fingerprint density at radius 2 is 1.81 bits per heavy atom. The number of carboxylic acids is 1. The van der Waals surface area contributed by atoms with Crippen LogP contribution in [-0.2, 0) is 18.4 Å². The minimum atomic E-state index is -3.66. The highest BCUT2D eigenvalue weighted by atomic mass is 31.2. The summed E-state index contributed by atoms with van der Waals surface area (Å²) in [6, 6.07) is 9.48. The van der Waals surface area contributed by atoms with Crippen molar-refractivity contribution in [2.24, 2.45) is 0 Å². The third-order valence-corrected chi connectivity index (χ3v) is 5.19. The second kappa shape index (κ2) is 8.78. The molecule has 0 saturated carbocycles. The van der Waals surface area contributed by atoms with E-state index in [4.69, 9.17) is 9.05 Å². The van der Waals surface area contributed by atoms with Crippen molar-refractivity contribution in [2.45, 2.75) is 25.9 Å². The first kappa shape index (κ1) is 17.6. The first-order valence-corrected chi connectivity index (χ1v) is 8.47. The van der Waals surface area contributed by atoms with Gasteiger partial charge in [0.05, 0.1) is 13.2 Å². The van der Waals surface area contributed by atoms with Crippen LogP contribution in [0.5, 0.6) is 0 Å². The molecule has 1 N–H and O–H groups in total. The lowest BCUT2D eigenvalue weighted by Crippen LogP contribution is -2.22. The number of aliphatic carboxylic acids is 1. The van der Waals surface area contributed by atoms with Crippen LogP contribution < -0.4 is 0 Å². The summed E-state index contributed by atoms with van der Waals surface area (Å²) in [5.74, 6) is -1.18. The number of carbonyl (C=O) groups is 1. The number of hydrogen-bond donors (Lipinski definition) is 1. The summed E-state index contributed by atoms with van der Waals surface area (Å²) < 4.78 is 22.8. The molecule has 6 heteroatoms. The molecule has 0 amide bonds. The lowest BCUT2D eigenvalue weighted by atomic mass is 10.2. The van der Waals surface area contributed by atoms with E-state index >= 15 is 0 Å². The van der Waals surface area contributed by atoms with Gasteiger partial charge < -0.3 is 14.2 Å². The zero-order valence-electron chi connectivity index (χ0n) is 12.3. The van der Waals surface area contributed by atoms with Crippen LogP contribution in [-0.4, -0.2) is 29.9 Å². The van der Waals surface area contributed by atoms with Gasteiger partial charge in [0.25, 0.3) is 0 Å². The van der Waals surface area contributed by atoms with Gasteiger partial charge in [-0.1, -0.05) is 42.5 Å². The molecular weight excluding hydrogens is 291 g/mol. The van der Waals surface area contributed by atoms with Crippen LogP contribution in [0.3, 0.4) is 0 Å². The van der Waals surface area contributed by atoms with Crippen molar-refractivity contribution in [3.8, 4) is 0 Å². The molecule has 21 heavy (non-hydrogen) atoms. The summed E-state index contributed by atoms with van der Waals surface area (Å²) in [6.07, 6.45) is 3.55. The first-order valence-electron chi connectivity index (χ1n) is 6.86. The SMILES string of the molecule is CCOP(=O)(OCC)[C@@H](C/C=C/c1ccccc1)C(=O)O. The molecule has 1 aromatic rings. The van der Waals surface area contributed by atoms with Crippen LogP contribution in [0.15, 0.2) is 36.4 Å². The van der Waals surface area contributed by atoms with E-state index in [1.165, 1.54) is 0 Å². The average molecular weight is 312 g/mol. The van der Waals surface area contributed by atoms with Gasteiger partial charge in [0.2, 0.25) is 0 Å². The van der Waals surface area contributed by atoms with Crippen LogP contribution >= 0.6 is 7.60 Å². The van der Waals surface area contributed by atoms with Crippen molar-refractivity contribution < 1.29 is 23.5 Å². The average Bonchev–Trinajstić information content (AvgIpc) is 2.44. The lowest BCUT2D eigenvalue weighted by Gasteiger charge is -2.22. The monoisotopic (exact) mass is 312 g/mol. The highest BCUT2D eigenvalue weighted by molar-refractivity contribution is 7.55. The maximum absolute atomic E-state index is 12.5. The van der Waals surface area contributed by atoms with Crippen molar-refractivity contribution in [1.29, 1.82) is 0 Å². The maximum atomic E-state index is 12.5. The Morgan fingerprint density at radius 1 is 1.24 bits per heavy atom. The summed E-state index contributed by atoms with van der Waals surface area (Å²) in [7, 11) is -3.66. The van der Waals surface area contributed by atoms with Gasteiger partial charge in [-0.3, -0.25) is 9.36 Å². The Kier molecular flexibility index (Phi) is 7.37. The number of benzene rings is 1. The quantitative estimate of drug-likeness (QED) is 0.702. The van der Waals surface area contributed by atoms with Gasteiger partial charge >= 0.3 is 13.6 Å². The predicted molar refractivity (Wildman–Crippen MR) is 82.4 cm³/mol. The van der Waals surface area contributed by atoms with Crippen LogP contribution in [0.2, 0.25) is 0 Å². The fraction of sp³-hybridized carbons (Fsp3) is 0.400. The molecule has 0 aliphatic rings. The normalized spacial score (nSPS) is 13.4. The third-order valence-electron chi connectivity index (χ3n) is 2.75. The number of carboxylic acid groups (broad SMARTS) is 1. The summed E-state index contributed by atoms with van der Waals surface area (Å²) in [6.45, 7) is 3.60. The van der Waals surface area contributed by atoms with Crippen LogP contribution in [0.4, 0.5) is 0 Å². The topological polar surface area (TPSA) is 72.8 Å². The van der Waals surface area contributed by atoms with Gasteiger partial charge in [-0.05, 0) is 25.8 Å². The molecule has 1 atom stereocenters. The summed E-state index contributed by atoms with van der Waals surface area (Å²) in [5.41, 5.74) is -0.248. The molecule has 0 aliphatic carbocycles. The fourth-order valence-electron chi connectivity index (χ4n) is 1.84. The van der Waals surface area contributed by atoms with Gasteiger partial charge in [0.15, 0.2) is 5.66 Å². The molecule has 116 valence electrons. The van der Waals surface area contributed by atoms with Crippen LogP contribution in [0, 0.1) is 0 Å². The minimum absolute atomic E-state index is 0.0848. The van der Waals surface area contributed by atoms with E-state index in [-0.39, 0.29) is 19.6 Å². The molecule has 0 radical (unpaired) electrons. The minimum Gasteiger partial charge on any atom is -0.481 e. The van der Waals surface area contributed by atoms with Crippen LogP contribution in [0.25, 0.3) is 6.08 Å². The van der Waals surface area contributed by atoms with Crippen molar-refractivity contribution in [3.05, 3.63) is 42.0 Å². The molecule has 0 unspecified atom stereocenters. The Bertz CT molecular complexity index is 502. The number of allylic oxidation sites excluding steroid dienone is 1. The van der Waals surface area contributed by atoms with E-state index in [1.807, 2.05) is 30.3 Å². The molecule has 1 aromatic carbocycles. The number of rotatable bonds is 9. The van der Waals surface area contributed by atoms with Crippen molar-refractivity contribution in [3.63, 3.8) is 0 Å².